The molecular formula is C13H11NO. The molecule has 1 heterocycles. The third kappa shape index (κ3) is 2.29. The molecule has 1 aromatic heterocycles. The number of carbonyl (C=O) groups excluding carboxylic acids is 1. The largest absolute Gasteiger partial charge is 0.296 e. The third-order valence-electron chi connectivity index (χ3n) is 2.28. The summed E-state index contributed by atoms with van der Waals surface area (Å²) in [6.07, 6.45) is 3.19. The zero-order valence-electron chi connectivity index (χ0n) is 8.26. The zero-order chi connectivity index (χ0) is 10.5. The Morgan fingerprint density at radius 3 is 2.60 bits per heavy atom. The lowest BCUT2D eigenvalue weighted by Gasteiger charge is -2.03. The van der Waals surface area contributed by atoms with Crippen LogP contribution in [0.2, 0.25) is 0 Å². The predicted molar refractivity (Wildman–Crippen MR) is 58.9 cm³/mol. The molecule has 2 aromatic rings. The molecule has 0 aliphatic heterocycles. The van der Waals surface area contributed by atoms with Gasteiger partial charge in [-0.2, -0.15) is 0 Å². The van der Waals surface area contributed by atoms with Gasteiger partial charge in [0.25, 0.3) is 0 Å². The first-order valence-electron chi connectivity index (χ1n) is 4.83. The number of aromatic nitrogens is 1. The molecule has 2 rings (SSSR count). The van der Waals surface area contributed by atoms with E-state index in [-0.39, 0.29) is 0 Å². The summed E-state index contributed by atoms with van der Waals surface area (Å²) in [4.78, 5) is 14.8. The minimum atomic E-state index is 0.529. The van der Waals surface area contributed by atoms with Crippen LogP contribution in [0, 0.1) is 0 Å². The normalized spacial score (nSPS) is 9.87. The van der Waals surface area contributed by atoms with Crippen molar-refractivity contribution in [2.45, 2.75) is 6.42 Å². The van der Waals surface area contributed by atoms with Crippen LogP contribution in [0.1, 0.15) is 21.6 Å². The molecule has 74 valence electrons. The molecule has 0 saturated carbocycles. The van der Waals surface area contributed by atoms with Gasteiger partial charge in [-0.25, -0.2) is 0 Å². The standard InChI is InChI=1S/C13H11NO/c15-10-13-12(7-4-8-14-13)9-11-5-2-1-3-6-11/h1-8,10H,9H2. The number of benzene rings is 1. The lowest BCUT2D eigenvalue weighted by Crippen LogP contribution is -1.96. The van der Waals surface area contributed by atoms with Crippen LogP contribution in [0.4, 0.5) is 0 Å². The van der Waals surface area contributed by atoms with Crippen LogP contribution in [0.25, 0.3) is 0 Å². The van der Waals surface area contributed by atoms with Gasteiger partial charge in [-0.3, -0.25) is 9.78 Å². The van der Waals surface area contributed by atoms with Crippen molar-refractivity contribution in [3.05, 3.63) is 65.5 Å². The van der Waals surface area contributed by atoms with Crippen molar-refractivity contribution >= 4 is 6.29 Å². The van der Waals surface area contributed by atoms with Crippen LogP contribution in [-0.4, -0.2) is 11.3 Å². The number of carbonyl (C=O) groups is 1. The van der Waals surface area contributed by atoms with Gasteiger partial charge in [0, 0.05) is 6.20 Å². The molecular weight excluding hydrogens is 186 g/mol. The molecule has 0 fully saturated rings. The van der Waals surface area contributed by atoms with Crippen molar-refractivity contribution < 1.29 is 4.79 Å². The first kappa shape index (κ1) is 9.59. The quantitative estimate of drug-likeness (QED) is 0.707. The summed E-state index contributed by atoms with van der Waals surface area (Å²) in [5.41, 5.74) is 2.69. The third-order valence-corrected chi connectivity index (χ3v) is 2.28. The Morgan fingerprint density at radius 1 is 1.07 bits per heavy atom. The summed E-state index contributed by atoms with van der Waals surface area (Å²) in [5.74, 6) is 0. The molecule has 15 heavy (non-hydrogen) atoms. The minimum Gasteiger partial charge on any atom is -0.296 e. The highest BCUT2D eigenvalue weighted by Crippen LogP contribution is 2.10. The Morgan fingerprint density at radius 2 is 1.87 bits per heavy atom. The Labute approximate surface area is 88.6 Å². The van der Waals surface area contributed by atoms with E-state index in [1.54, 1.807) is 6.20 Å². The van der Waals surface area contributed by atoms with Gasteiger partial charge in [0.15, 0.2) is 6.29 Å². The molecule has 0 aliphatic rings. The monoisotopic (exact) mass is 197 g/mol. The van der Waals surface area contributed by atoms with Crippen LogP contribution in [0.5, 0.6) is 0 Å². The fourth-order valence-corrected chi connectivity index (χ4v) is 1.52. The Balaban J connectivity index is 2.28. The van der Waals surface area contributed by atoms with Crippen molar-refractivity contribution in [2.24, 2.45) is 0 Å². The predicted octanol–water partition coefficient (Wildman–Crippen LogP) is 2.48. The number of pyridine rings is 1. The molecule has 0 spiro atoms. The average Bonchev–Trinajstić information content (AvgIpc) is 2.31. The van der Waals surface area contributed by atoms with Gasteiger partial charge in [-0.1, -0.05) is 36.4 Å². The molecule has 0 amide bonds. The fraction of sp³-hybridized carbons (Fsp3) is 0.0769. The van der Waals surface area contributed by atoms with E-state index in [2.05, 4.69) is 4.98 Å². The lowest BCUT2D eigenvalue weighted by molar-refractivity contribution is 0.111. The number of hydrogen-bond donors (Lipinski definition) is 0. The Kier molecular flexibility index (Phi) is 2.88. The SMILES string of the molecule is O=Cc1ncccc1Cc1ccccc1. The number of aldehydes is 1. The molecule has 0 radical (unpaired) electrons. The Hall–Kier alpha value is -1.96. The van der Waals surface area contributed by atoms with E-state index in [0.29, 0.717) is 5.69 Å². The topological polar surface area (TPSA) is 30.0 Å². The minimum absolute atomic E-state index is 0.529. The van der Waals surface area contributed by atoms with Gasteiger partial charge in [0.1, 0.15) is 5.69 Å². The maximum atomic E-state index is 10.8. The van der Waals surface area contributed by atoms with Crippen LogP contribution in [-0.2, 0) is 6.42 Å². The summed E-state index contributed by atoms with van der Waals surface area (Å²) in [6, 6.07) is 13.8. The van der Waals surface area contributed by atoms with Crippen molar-refractivity contribution in [3.63, 3.8) is 0 Å². The summed E-state index contributed by atoms with van der Waals surface area (Å²) in [6.45, 7) is 0. The van der Waals surface area contributed by atoms with E-state index < -0.39 is 0 Å². The molecule has 0 unspecified atom stereocenters. The molecule has 0 bridgehead atoms. The Bertz CT molecular complexity index is 451. The maximum absolute atomic E-state index is 10.8. The summed E-state index contributed by atoms with van der Waals surface area (Å²) < 4.78 is 0. The van der Waals surface area contributed by atoms with Gasteiger partial charge in [0.05, 0.1) is 0 Å². The van der Waals surface area contributed by atoms with Gasteiger partial charge < -0.3 is 0 Å². The van der Waals surface area contributed by atoms with Crippen molar-refractivity contribution in [2.75, 3.05) is 0 Å². The van der Waals surface area contributed by atoms with Crippen LogP contribution in [0.3, 0.4) is 0 Å². The summed E-state index contributed by atoms with van der Waals surface area (Å²) in [5, 5.41) is 0. The van der Waals surface area contributed by atoms with E-state index in [9.17, 15) is 4.79 Å². The van der Waals surface area contributed by atoms with Crippen molar-refractivity contribution in [1.82, 2.24) is 4.98 Å². The molecule has 0 atom stereocenters. The molecule has 2 heteroatoms. The zero-order valence-corrected chi connectivity index (χ0v) is 8.26. The fourth-order valence-electron chi connectivity index (χ4n) is 1.52. The highest BCUT2D eigenvalue weighted by atomic mass is 16.1. The average molecular weight is 197 g/mol. The molecule has 2 nitrogen and oxygen atoms in total. The maximum Gasteiger partial charge on any atom is 0.168 e. The van der Waals surface area contributed by atoms with E-state index >= 15 is 0 Å². The second-order valence-electron chi connectivity index (χ2n) is 3.33. The number of hydrogen-bond acceptors (Lipinski definition) is 2. The van der Waals surface area contributed by atoms with Crippen molar-refractivity contribution in [1.29, 1.82) is 0 Å². The lowest BCUT2D eigenvalue weighted by atomic mass is 10.0. The van der Waals surface area contributed by atoms with Crippen LogP contribution in [0.15, 0.2) is 48.7 Å². The molecule has 0 N–H and O–H groups in total. The number of rotatable bonds is 3. The van der Waals surface area contributed by atoms with E-state index in [4.69, 9.17) is 0 Å². The highest BCUT2D eigenvalue weighted by Gasteiger charge is 2.02. The smallest absolute Gasteiger partial charge is 0.168 e. The van der Waals surface area contributed by atoms with Gasteiger partial charge >= 0.3 is 0 Å². The van der Waals surface area contributed by atoms with E-state index in [0.717, 1.165) is 18.3 Å². The van der Waals surface area contributed by atoms with Crippen LogP contribution < -0.4 is 0 Å². The number of nitrogens with zero attached hydrogens (tertiary/aromatic N) is 1. The molecule has 0 aliphatic carbocycles. The molecule has 1 aromatic carbocycles. The first-order valence-corrected chi connectivity index (χ1v) is 4.83. The van der Waals surface area contributed by atoms with Crippen LogP contribution >= 0.6 is 0 Å². The summed E-state index contributed by atoms with van der Waals surface area (Å²) in [7, 11) is 0. The van der Waals surface area contributed by atoms with E-state index in [1.165, 1.54) is 5.56 Å². The molecule has 0 saturated heterocycles. The van der Waals surface area contributed by atoms with Crippen molar-refractivity contribution in [3.8, 4) is 0 Å². The van der Waals surface area contributed by atoms with Gasteiger partial charge in [0.2, 0.25) is 0 Å². The summed E-state index contributed by atoms with van der Waals surface area (Å²) >= 11 is 0. The van der Waals surface area contributed by atoms with Gasteiger partial charge in [-0.15, -0.1) is 0 Å². The highest BCUT2D eigenvalue weighted by molar-refractivity contribution is 5.74. The second-order valence-corrected chi connectivity index (χ2v) is 3.33. The van der Waals surface area contributed by atoms with E-state index in [1.807, 2.05) is 42.5 Å². The first-order chi connectivity index (χ1) is 7.40. The second kappa shape index (κ2) is 4.51. The van der Waals surface area contributed by atoms with Gasteiger partial charge in [-0.05, 0) is 23.6 Å².